The molecule has 11 heteroatoms. The quantitative estimate of drug-likeness (QED) is 0.538. The summed E-state index contributed by atoms with van der Waals surface area (Å²) in [6.45, 7) is 7.32. The summed E-state index contributed by atoms with van der Waals surface area (Å²) in [4.78, 5) is 18.8. The average molecular weight is 525 g/mol. The minimum atomic E-state index is -3.95. The summed E-state index contributed by atoms with van der Waals surface area (Å²) >= 11 is 0. The smallest absolute Gasteiger partial charge is 0.410 e. The van der Waals surface area contributed by atoms with Gasteiger partial charge in [0.15, 0.2) is 5.03 Å². The third-order valence-corrected chi connectivity index (χ3v) is 7.88. The Labute approximate surface area is 212 Å². The van der Waals surface area contributed by atoms with E-state index < -0.39 is 45.6 Å². The second-order valence-electron chi connectivity index (χ2n) is 10.4. The number of unbranched alkanes of at least 4 members (excludes halogenated alkanes) is 1. The van der Waals surface area contributed by atoms with E-state index in [1.165, 1.54) is 33.9 Å². The first-order valence-electron chi connectivity index (χ1n) is 12.2. The van der Waals surface area contributed by atoms with Gasteiger partial charge < -0.3 is 19.3 Å². The van der Waals surface area contributed by atoms with Crippen LogP contribution in [0.1, 0.15) is 58.4 Å². The summed E-state index contributed by atoms with van der Waals surface area (Å²) in [5.41, 5.74) is -0.0929. The largest absolute Gasteiger partial charge is 0.444 e. The van der Waals surface area contributed by atoms with Crippen LogP contribution in [0.15, 0.2) is 41.8 Å². The van der Waals surface area contributed by atoms with Crippen molar-refractivity contribution in [2.24, 2.45) is 7.05 Å². The number of rotatable bonds is 9. The van der Waals surface area contributed by atoms with Gasteiger partial charge in [-0.05, 0) is 44.9 Å². The molecule has 1 fully saturated rings. The van der Waals surface area contributed by atoms with Gasteiger partial charge in [-0.25, -0.2) is 22.6 Å². The van der Waals surface area contributed by atoms with Crippen LogP contribution in [0.3, 0.4) is 0 Å². The second-order valence-corrected chi connectivity index (χ2v) is 12.2. The molecule has 36 heavy (non-hydrogen) atoms. The topological polar surface area (TPSA) is 105 Å². The van der Waals surface area contributed by atoms with Gasteiger partial charge >= 0.3 is 6.09 Å². The summed E-state index contributed by atoms with van der Waals surface area (Å²) in [5, 5.41) is 10.6. The lowest BCUT2D eigenvalue weighted by Crippen LogP contribution is -2.49. The second kappa shape index (κ2) is 11.3. The first-order chi connectivity index (χ1) is 16.8. The van der Waals surface area contributed by atoms with Crippen LogP contribution >= 0.6 is 0 Å². The van der Waals surface area contributed by atoms with E-state index in [0.29, 0.717) is 12.0 Å². The molecule has 200 valence electrons. The number of carbonyl (C=O) groups excluding carboxylic acids is 1. The molecule has 0 radical (unpaired) electrons. The summed E-state index contributed by atoms with van der Waals surface area (Å²) in [5.74, 6) is -0.875. The minimum absolute atomic E-state index is 0.00521. The predicted octanol–water partition coefficient (Wildman–Crippen LogP) is 3.50. The average Bonchev–Trinajstić information content (AvgIpc) is 3.43. The van der Waals surface area contributed by atoms with Gasteiger partial charge in [-0.15, -0.1) is 0 Å². The van der Waals surface area contributed by atoms with Crippen LogP contribution in [0.4, 0.5) is 9.18 Å². The van der Waals surface area contributed by atoms with E-state index in [9.17, 15) is 22.7 Å². The third kappa shape index (κ3) is 6.83. The van der Waals surface area contributed by atoms with Crippen LogP contribution in [-0.4, -0.2) is 75.8 Å². The fourth-order valence-electron chi connectivity index (χ4n) is 4.38. The molecule has 1 aromatic heterocycles. The van der Waals surface area contributed by atoms with Crippen LogP contribution in [0.5, 0.6) is 0 Å². The van der Waals surface area contributed by atoms with Gasteiger partial charge in [-0.1, -0.05) is 31.9 Å². The molecule has 1 aliphatic rings. The summed E-state index contributed by atoms with van der Waals surface area (Å²) in [6, 6.07) is 5.20. The normalized spacial score (nSPS) is 19.9. The Morgan fingerprint density at radius 1 is 1.28 bits per heavy atom. The van der Waals surface area contributed by atoms with Crippen LogP contribution in [0, 0.1) is 5.82 Å². The Balaban J connectivity index is 2.00. The summed E-state index contributed by atoms with van der Waals surface area (Å²) < 4.78 is 49.0. The molecule has 1 aromatic carbocycles. The molecule has 2 heterocycles. The zero-order chi connectivity index (χ0) is 26.7. The number of nitrogens with zero attached hydrogens (tertiary/aromatic N) is 4. The predicted molar refractivity (Wildman–Crippen MR) is 133 cm³/mol. The maximum Gasteiger partial charge on any atom is 0.410 e. The van der Waals surface area contributed by atoms with E-state index in [-0.39, 0.29) is 24.7 Å². The molecule has 3 rings (SSSR count). The minimum Gasteiger partial charge on any atom is -0.444 e. The number of sulfonamides is 1. The number of imidazole rings is 1. The molecule has 3 atom stereocenters. The van der Waals surface area contributed by atoms with Crippen molar-refractivity contribution in [1.82, 2.24) is 18.8 Å². The highest BCUT2D eigenvalue weighted by Crippen LogP contribution is 2.35. The molecular formula is C25H37FN4O5S. The van der Waals surface area contributed by atoms with Gasteiger partial charge in [0.1, 0.15) is 11.4 Å². The molecule has 9 nitrogen and oxygen atoms in total. The number of benzene rings is 1. The Hall–Kier alpha value is -2.50. The molecule has 1 N–H and O–H groups in total. The van der Waals surface area contributed by atoms with Gasteiger partial charge in [-0.2, -0.15) is 4.31 Å². The van der Waals surface area contributed by atoms with Crippen molar-refractivity contribution in [3.05, 3.63) is 48.2 Å². The highest BCUT2D eigenvalue weighted by Gasteiger charge is 2.46. The summed E-state index contributed by atoms with van der Waals surface area (Å²) in [7, 11) is -2.27. The number of amides is 1. The first kappa shape index (κ1) is 28.1. The fourth-order valence-corrected chi connectivity index (χ4v) is 5.83. The van der Waals surface area contributed by atoms with Crippen molar-refractivity contribution in [3.63, 3.8) is 0 Å². The number of halogens is 1. The molecule has 1 amide bonds. The zero-order valence-corrected chi connectivity index (χ0v) is 22.4. The van der Waals surface area contributed by atoms with Crippen LogP contribution in [-0.2, 0) is 21.8 Å². The number of carbonyl (C=O) groups is 1. The molecule has 1 aliphatic heterocycles. The monoisotopic (exact) mass is 524 g/mol. The molecule has 0 bridgehead atoms. The Morgan fingerprint density at radius 3 is 2.50 bits per heavy atom. The van der Waals surface area contributed by atoms with Crippen molar-refractivity contribution in [2.75, 3.05) is 19.6 Å². The Morgan fingerprint density at radius 2 is 1.94 bits per heavy atom. The van der Waals surface area contributed by atoms with E-state index >= 15 is 0 Å². The van der Waals surface area contributed by atoms with Gasteiger partial charge in [0.25, 0.3) is 10.0 Å². The highest BCUT2D eigenvalue weighted by atomic mass is 32.2. The number of aliphatic hydroxyl groups excluding tert-OH is 1. The van der Waals surface area contributed by atoms with Crippen LogP contribution < -0.4 is 0 Å². The van der Waals surface area contributed by atoms with Crippen LogP contribution in [0.25, 0.3) is 0 Å². The molecule has 0 spiro atoms. The standard InChI is InChI=1S/C25H37FN4O5S/c1-6-7-8-20(31)13-30(24(32)35-25(2,3)4)22-15-29(36(33,34)23-16-28(5)17-27-23)14-21(22)18-9-11-19(26)12-10-18/h9-12,16-17,20-22,31H,6-8,13-15H2,1-5H3/t20?,21-,22+/m1/s1. The number of aromatic nitrogens is 2. The third-order valence-electron chi connectivity index (χ3n) is 6.17. The number of hydrogen-bond acceptors (Lipinski definition) is 6. The molecular weight excluding hydrogens is 487 g/mol. The lowest BCUT2D eigenvalue weighted by molar-refractivity contribution is 0.00258. The highest BCUT2D eigenvalue weighted by molar-refractivity contribution is 7.89. The summed E-state index contributed by atoms with van der Waals surface area (Å²) in [6.07, 6.45) is 3.58. The van der Waals surface area contributed by atoms with E-state index in [1.54, 1.807) is 44.5 Å². The first-order valence-corrected chi connectivity index (χ1v) is 13.7. The van der Waals surface area contributed by atoms with Crippen molar-refractivity contribution in [2.45, 2.75) is 75.6 Å². The van der Waals surface area contributed by atoms with Crippen molar-refractivity contribution >= 4 is 16.1 Å². The van der Waals surface area contributed by atoms with Gasteiger partial charge in [0, 0.05) is 32.3 Å². The van der Waals surface area contributed by atoms with Gasteiger partial charge in [-0.3, -0.25) is 0 Å². The van der Waals surface area contributed by atoms with E-state index in [1.807, 2.05) is 6.92 Å². The number of aliphatic hydroxyl groups is 1. The number of aryl methyl sites for hydroxylation is 1. The van der Waals surface area contributed by atoms with E-state index in [4.69, 9.17) is 4.74 Å². The van der Waals surface area contributed by atoms with E-state index in [0.717, 1.165) is 12.8 Å². The fraction of sp³-hybridized carbons (Fsp3) is 0.600. The SMILES string of the molecule is CCCCC(O)CN(C(=O)OC(C)(C)C)[C@H]1CN(S(=O)(=O)c2cn(C)cn2)C[C@@H]1c1ccc(F)cc1. The zero-order valence-electron chi connectivity index (χ0n) is 21.6. The number of ether oxygens (including phenoxy) is 1. The number of hydrogen-bond donors (Lipinski definition) is 1. The Bertz CT molecular complexity index is 1130. The molecule has 1 saturated heterocycles. The maximum atomic E-state index is 13.7. The Kier molecular flexibility index (Phi) is 8.79. The lowest BCUT2D eigenvalue weighted by atomic mass is 9.93. The van der Waals surface area contributed by atoms with Gasteiger partial charge in [0.05, 0.1) is 25.0 Å². The van der Waals surface area contributed by atoms with Crippen molar-refractivity contribution in [3.8, 4) is 0 Å². The maximum absolute atomic E-state index is 13.7. The lowest BCUT2D eigenvalue weighted by Gasteiger charge is -2.35. The van der Waals surface area contributed by atoms with E-state index in [2.05, 4.69) is 4.98 Å². The molecule has 0 aliphatic carbocycles. The van der Waals surface area contributed by atoms with Crippen molar-refractivity contribution < 1.29 is 27.4 Å². The van der Waals surface area contributed by atoms with Crippen molar-refractivity contribution in [1.29, 1.82) is 0 Å². The van der Waals surface area contributed by atoms with Gasteiger partial charge in [0.2, 0.25) is 0 Å². The molecule has 2 aromatic rings. The van der Waals surface area contributed by atoms with Crippen LogP contribution in [0.2, 0.25) is 0 Å². The molecule has 0 saturated carbocycles. The molecule has 1 unspecified atom stereocenters.